The third-order valence-corrected chi connectivity index (χ3v) is 3.15. The van der Waals surface area contributed by atoms with E-state index >= 15 is 0 Å². The zero-order chi connectivity index (χ0) is 17.5. The van der Waals surface area contributed by atoms with Crippen LogP contribution in [0.15, 0.2) is 0 Å². The lowest BCUT2D eigenvalue weighted by molar-refractivity contribution is -0.137. The number of carbonyl (C=O) groups is 2. The molecule has 0 aromatic carbocycles. The van der Waals surface area contributed by atoms with Crippen molar-refractivity contribution < 1.29 is 29.2 Å². The molecule has 0 aliphatic rings. The molecule has 0 saturated heterocycles. The van der Waals surface area contributed by atoms with Crippen LogP contribution in [0.2, 0.25) is 0 Å². The molecule has 0 amide bonds. The molecule has 0 bridgehead atoms. The van der Waals surface area contributed by atoms with Crippen LogP contribution < -0.4 is 0 Å². The van der Waals surface area contributed by atoms with Gasteiger partial charge in [0.25, 0.3) is 0 Å². The summed E-state index contributed by atoms with van der Waals surface area (Å²) in [5.41, 5.74) is -1.13. The van der Waals surface area contributed by atoms with E-state index < -0.39 is 22.9 Å². The molecular formula is C11H22Cl2O6S2. The van der Waals surface area contributed by atoms with Gasteiger partial charge in [0, 0.05) is 16.9 Å². The molecule has 0 spiro atoms. The first-order chi connectivity index (χ1) is 9.58. The van der Waals surface area contributed by atoms with Crippen molar-refractivity contribution in [3.63, 3.8) is 0 Å². The molecule has 0 aromatic heterocycles. The highest BCUT2D eigenvalue weighted by Crippen LogP contribution is 2.26. The Hall–Kier alpha value is 0.140. The predicted molar refractivity (Wildman–Crippen MR) is 89.7 cm³/mol. The lowest BCUT2D eigenvalue weighted by atomic mass is 9.96. The Labute approximate surface area is 145 Å². The van der Waals surface area contributed by atoms with Crippen LogP contribution in [-0.2, 0) is 13.9 Å². The number of carboxylic acid groups (broad SMARTS) is 2. The molecule has 10 heteroatoms. The average Bonchev–Trinajstić information content (AvgIpc) is 2.38. The Bertz CT molecular complexity index is 263. The Morgan fingerprint density at radius 1 is 1.14 bits per heavy atom. The largest absolute Gasteiger partial charge is 0.481 e. The first kappa shape index (κ1) is 26.1. The van der Waals surface area contributed by atoms with Gasteiger partial charge in [-0.1, -0.05) is 25.4 Å². The number of aliphatic carboxylic acids is 2. The highest BCUT2D eigenvalue weighted by atomic mass is 35.5. The van der Waals surface area contributed by atoms with Crippen molar-refractivity contribution in [1.82, 2.24) is 0 Å². The van der Waals surface area contributed by atoms with Crippen LogP contribution in [0, 0.1) is 5.41 Å². The molecule has 0 radical (unpaired) electrons. The maximum atomic E-state index is 9.55. The van der Waals surface area contributed by atoms with Crippen LogP contribution >= 0.6 is 48.7 Å². The van der Waals surface area contributed by atoms with E-state index in [4.69, 9.17) is 38.8 Å². The van der Waals surface area contributed by atoms with Crippen molar-refractivity contribution in [1.29, 1.82) is 0 Å². The molecule has 0 rings (SSSR count). The number of thiol groups is 2. The smallest absolute Gasteiger partial charge is 0.304 e. The van der Waals surface area contributed by atoms with E-state index in [1.807, 2.05) is 0 Å². The van der Waals surface area contributed by atoms with Crippen LogP contribution in [0.1, 0.15) is 26.7 Å². The molecule has 0 heterocycles. The lowest BCUT2D eigenvalue weighted by Crippen LogP contribution is -2.28. The maximum Gasteiger partial charge on any atom is 0.304 e. The summed E-state index contributed by atoms with van der Waals surface area (Å²) in [4.78, 5) is 19.1. The number of hydrogen-bond donors (Lipinski definition) is 5. The van der Waals surface area contributed by atoms with Gasteiger partial charge in [0.05, 0.1) is 31.3 Å². The predicted octanol–water partition coefficient (Wildman–Crippen LogP) is 2.52. The van der Waals surface area contributed by atoms with E-state index in [9.17, 15) is 9.59 Å². The van der Waals surface area contributed by atoms with E-state index in [0.717, 1.165) is 0 Å². The molecule has 1 atom stereocenters. The zero-order valence-electron chi connectivity index (χ0n) is 11.8. The van der Waals surface area contributed by atoms with Gasteiger partial charge in [0.15, 0.2) is 5.56 Å². The quantitative estimate of drug-likeness (QED) is 0.341. The normalized spacial score (nSPS) is 11.4. The van der Waals surface area contributed by atoms with Crippen molar-refractivity contribution in [2.45, 2.75) is 32.3 Å². The van der Waals surface area contributed by atoms with E-state index in [1.165, 1.54) is 0 Å². The second-order valence-corrected chi connectivity index (χ2v) is 5.76. The van der Waals surface area contributed by atoms with E-state index in [0.29, 0.717) is 11.5 Å². The highest BCUT2D eigenvalue weighted by Gasteiger charge is 2.27. The molecule has 1 unspecified atom stereocenters. The molecule has 0 aliphatic carbocycles. The van der Waals surface area contributed by atoms with E-state index in [2.05, 4.69) is 29.5 Å². The fourth-order valence-corrected chi connectivity index (χ4v) is 1.08. The number of rotatable bonds is 7. The topological polar surface area (TPSA) is 104 Å². The van der Waals surface area contributed by atoms with E-state index in [-0.39, 0.29) is 19.4 Å². The van der Waals surface area contributed by atoms with Crippen LogP contribution in [0.25, 0.3) is 0 Å². The first-order valence-corrected chi connectivity index (χ1v) is 7.77. The molecule has 0 fully saturated rings. The summed E-state index contributed by atoms with van der Waals surface area (Å²) < 4.78 is 4.28. The minimum atomic E-state index is -0.787. The lowest BCUT2D eigenvalue weighted by Gasteiger charge is -2.24. The van der Waals surface area contributed by atoms with Gasteiger partial charge in [0.1, 0.15) is 0 Å². The van der Waals surface area contributed by atoms with Crippen LogP contribution in [0.4, 0.5) is 0 Å². The van der Waals surface area contributed by atoms with Gasteiger partial charge >= 0.3 is 11.9 Å². The van der Waals surface area contributed by atoms with Crippen molar-refractivity contribution in [3.05, 3.63) is 0 Å². The number of aliphatic hydroxyl groups is 1. The summed E-state index contributed by atoms with van der Waals surface area (Å²) in [6, 6.07) is 0. The van der Waals surface area contributed by atoms with Gasteiger partial charge in [0.2, 0.25) is 0 Å². The van der Waals surface area contributed by atoms with Crippen molar-refractivity contribution in [2.75, 3.05) is 18.1 Å². The number of alkyl halides is 1. The van der Waals surface area contributed by atoms with Crippen LogP contribution in [-0.4, -0.2) is 50.9 Å². The molecule has 0 aliphatic heterocycles. The summed E-state index contributed by atoms with van der Waals surface area (Å²) >= 11 is 17.9. The molecule has 0 saturated carbocycles. The Morgan fingerprint density at radius 2 is 1.48 bits per heavy atom. The minimum Gasteiger partial charge on any atom is -0.481 e. The molecular weight excluding hydrogens is 363 g/mol. The van der Waals surface area contributed by atoms with Crippen LogP contribution in [0.5, 0.6) is 0 Å². The third-order valence-electron chi connectivity index (χ3n) is 1.75. The fourth-order valence-electron chi connectivity index (χ4n) is 0.384. The van der Waals surface area contributed by atoms with Gasteiger partial charge in [-0.2, -0.15) is 25.3 Å². The number of hydrogen-bond acceptors (Lipinski definition) is 6. The van der Waals surface area contributed by atoms with Gasteiger partial charge < -0.3 is 15.3 Å². The summed E-state index contributed by atoms with van der Waals surface area (Å²) in [6.07, 6.45) is 0.312. The SMILES string of the molecule is CC(C)(CO)C(Cl)OCl.O=C(O)CCS.O=C(O)CCS. The average molecular weight is 385 g/mol. The second kappa shape index (κ2) is 16.5. The number of aliphatic hydroxyl groups excluding tert-OH is 1. The second-order valence-electron chi connectivity index (χ2n) is 4.29. The highest BCUT2D eigenvalue weighted by molar-refractivity contribution is 7.80. The Kier molecular flexibility index (Phi) is 20.5. The summed E-state index contributed by atoms with van der Waals surface area (Å²) in [7, 11) is 0. The summed E-state index contributed by atoms with van der Waals surface area (Å²) in [5, 5.41) is 24.4. The third kappa shape index (κ3) is 22.6. The van der Waals surface area contributed by atoms with Crippen LogP contribution in [0.3, 0.4) is 0 Å². The first-order valence-electron chi connectivity index (χ1n) is 5.76. The van der Waals surface area contributed by atoms with Gasteiger partial charge in [-0.05, 0) is 0 Å². The van der Waals surface area contributed by atoms with Crippen molar-refractivity contribution in [3.8, 4) is 0 Å². The molecule has 0 aromatic rings. The zero-order valence-corrected chi connectivity index (χ0v) is 15.1. The number of halogens is 2. The van der Waals surface area contributed by atoms with Crippen molar-refractivity contribution >= 4 is 60.7 Å². The summed E-state index contributed by atoms with van der Waals surface area (Å²) in [6.45, 7) is 3.47. The minimum absolute atomic E-state index is 0.0477. The van der Waals surface area contributed by atoms with Crippen molar-refractivity contribution in [2.24, 2.45) is 5.41 Å². The maximum absolute atomic E-state index is 9.55. The molecule has 3 N–H and O–H groups in total. The fraction of sp³-hybridized carbons (Fsp3) is 0.818. The number of carboxylic acids is 2. The molecule has 21 heavy (non-hydrogen) atoms. The Morgan fingerprint density at radius 3 is 1.52 bits per heavy atom. The van der Waals surface area contributed by atoms with Gasteiger partial charge in [-0.25, -0.2) is 0 Å². The molecule has 6 nitrogen and oxygen atoms in total. The standard InChI is InChI=1S/C5H10Cl2O2.2C3H6O2S/c1-5(2,3-8)4(6)9-7;2*4-3(5)1-2-6/h4,8H,3H2,1-2H3;2*6H,1-2H2,(H,4,5). The van der Waals surface area contributed by atoms with Gasteiger partial charge in [-0.3, -0.25) is 13.9 Å². The van der Waals surface area contributed by atoms with E-state index in [1.54, 1.807) is 13.8 Å². The molecule has 128 valence electrons. The summed E-state index contributed by atoms with van der Waals surface area (Å²) in [5.74, 6) is -0.722. The monoisotopic (exact) mass is 384 g/mol. The Balaban J connectivity index is -0.000000240. The van der Waals surface area contributed by atoms with Gasteiger partial charge in [-0.15, -0.1) is 0 Å².